The molecular formula is C56H105N2O6P. The van der Waals surface area contributed by atoms with Crippen molar-refractivity contribution in [3.8, 4) is 0 Å². The Morgan fingerprint density at radius 1 is 0.554 bits per heavy atom. The summed E-state index contributed by atoms with van der Waals surface area (Å²) in [4.78, 5) is 25.4. The van der Waals surface area contributed by atoms with Crippen LogP contribution < -0.4 is 10.2 Å². The molecule has 0 bridgehead atoms. The molecule has 2 N–H and O–H groups in total. The van der Waals surface area contributed by atoms with Crippen molar-refractivity contribution in [1.29, 1.82) is 0 Å². The first-order valence-electron chi connectivity index (χ1n) is 27.2. The van der Waals surface area contributed by atoms with Gasteiger partial charge in [0.15, 0.2) is 0 Å². The van der Waals surface area contributed by atoms with Gasteiger partial charge in [-0.15, -0.1) is 0 Å². The van der Waals surface area contributed by atoms with Gasteiger partial charge < -0.3 is 28.8 Å². The molecule has 0 aromatic rings. The van der Waals surface area contributed by atoms with Gasteiger partial charge in [-0.2, -0.15) is 0 Å². The van der Waals surface area contributed by atoms with E-state index in [2.05, 4.69) is 67.8 Å². The summed E-state index contributed by atoms with van der Waals surface area (Å²) in [6.07, 6.45) is 63.0. The van der Waals surface area contributed by atoms with Crippen molar-refractivity contribution in [3.63, 3.8) is 0 Å². The fraction of sp³-hybridized carbons (Fsp3) is 0.804. The molecule has 65 heavy (non-hydrogen) atoms. The lowest BCUT2D eigenvalue weighted by Gasteiger charge is -2.29. The molecular weight excluding hydrogens is 828 g/mol. The highest BCUT2D eigenvalue weighted by atomic mass is 31.2. The van der Waals surface area contributed by atoms with Gasteiger partial charge in [-0.3, -0.25) is 9.36 Å². The number of quaternary nitrogens is 1. The quantitative estimate of drug-likeness (QED) is 0.0272. The maximum absolute atomic E-state index is 12.9. The molecule has 0 heterocycles. The number of phosphoric ester groups is 1. The van der Waals surface area contributed by atoms with E-state index in [0.717, 1.165) is 70.6 Å². The zero-order chi connectivity index (χ0) is 47.8. The fourth-order valence-corrected chi connectivity index (χ4v) is 8.44. The summed E-state index contributed by atoms with van der Waals surface area (Å²) in [5, 5.41) is 13.8. The van der Waals surface area contributed by atoms with E-state index in [1.54, 1.807) is 6.08 Å². The largest absolute Gasteiger partial charge is 0.756 e. The summed E-state index contributed by atoms with van der Waals surface area (Å²) < 4.78 is 23.3. The minimum atomic E-state index is -4.61. The number of nitrogens with zero attached hydrogens (tertiary/aromatic N) is 1. The molecule has 0 aromatic carbocycles. The highest BCUT2D eigenvalue weighted by Gasteiger charge is 2.23. The number of unbranched alkanes of at least 4 members (excludes halogenated alkanes) is 28. The normalized spacial score (nSPS) is 14.5. The molecule has 0 aliphatic heterocycles. The van der Waals surface area contributed by atoms with Gasteiger partial charge in [0.2, 0.25) is 5.91 Å². The van der Waals surface area contributed by atoms with Crippen molar-refractivity contribution in [1.82, 2.24) is 5.32 Å². The number of allylic oxidation sites excluding steroid dienone is 9. The van der Waals surface area contributed by atoms with Crippen molar-refractivity contribution in [2.45, 2.75) is 251 Å². The van der Waals surface area contributed by atoms with Crippen LogP contribution in [0.4, 0.5) is 0 Å². The van der Waals surface area contributed by atoms with E-state index in [4.69, 9.17) is 9.05 Å². The Morgan fingerprint density at radius 3 is 1.43 bits per heavy atom. The van der Waals surface area contributed by atoms with E-state index in [1.807, 2.05) is 27.2 Å². The highest BCUT2D eigenvalue weighted by molar-refractivity contribution is 7.45. The first-order chi connectivity index (χ1) is 31.5. The van der Waals surface area contributed by atoms with Gasteiger partial charge in [-0.05, 0) is 64.2 Å². The average Bonchev–Trinajstić information content (AvgIpc) is 3.26. The Kier molecular flexibility index (Phi) is 46.0. The zero-order valence-corrected chi connectivity index (χ0v) is 44.1. The third-order valence-corrected chi connectivity index (χ3v) is 12.9. The van der Waals surface area contributed by atoms with Gasteiger partial charge >= 0.3 is 0 Å². The molecule has 3 unspecified atom stereocenters. The number of aliphatic hydroxyl groups is 1. The van der Waals surface area contributed by atoms with Crippen LogP contribution in [0.1, 0.15) is 239 Å². The Morgan fingerprint density at radius 2 is 0.954 bits per heavy atom. The molecule has 0 radical (unpaired) electrons. The summed E-state index contributed by atoms with van der Waals surface area (Å²) >= 11 is 0. The van der Waals surface area contributed by atoms with Crippen molar-refractivity contribution < 1.29 is 32.9 Å². The van der Waals surface area contributed by atoms with E-state index in [9.17, 15) is 19.4 Å². The fourth-order valence-electron chi connectivity index (χ4n) is 7.71. The number of aliphatic hydroxyl groups excluding tert-OH is 1. The van der Waals surface area contributed by atoms with Crippen LogP contribution in [-0.4, -0.2) is 68.5 Å². The number of hydrogen-bond donors (Lipinski definition) is 2. The molecule has 0 aliphatic rings. The standard InChI is InChI=1S/C56H105N2O6P/c1-6-8-10-12-14-16-18-20-22-24-25-26-27-28-29-30-31-32-34-35-37-39-41-43-45-47-49-55(59)54(53-64-65(61,62)63-52-51-58(3,4)5)57-56(60)50-48-46-44-42-40-38-36-33-23-21-19-17-15-13-11-9-7-2/h9,11,15,17,21,23,39,41,47,49,54-55,59H,6-8,10,12-14,16,18-20,22,24-38,40,42-46,48,50-53H2,1-5H3,(H-,57,60,61,62)/b11-9-,17-15-,23-21-,41-39+,49-47+. The molecule has 0 saturated carbocycles. The number of nitrogens with one attached hydrogen (secondary N) is 1. The van der Waals surface area contributed by atoms with Crippen molar-refractivity contribution in [2.75, 3.05) is 40.9 Å². The zero-order valence-electron chi connectivity index (χ0n) is 43.2. The number of hydrogen-bond acceptors (Lipinski definition) is 6. The lowest BCUT2D eigenvalue weighted by atomic mass is 10.0. The van der Waals surface area contributed by atoms with Crippen LogP contribution in [0.2, 0.25) is 0 Å². The summed E-state index contributed by atoms with van der Waals surface area (Å²) in [6, 6.07) is -0.911. The van der Waals surface area contributed by atoms with Crippen molar-refractivity contribution >= 4 is 13.7 Å². The molecule has 1 amide bonds. The average molecular weight is 933 g/mol. The maximum Gasteiger partial charge on any atom is 0.268 e. The Hall–Kier alpha value is -1.80. The van der Waals surface area contributed by atoms with Gasteiger partial charge in [0.25, 0.3) is 7.82 Å². The number of rotatable bonds is 49. The van der Waals surface area contributed by atoms with Crippen molar-refractivity contribution in [3.05, 3.63) is 60.8 Å². The number of phosphoric acid groups is 1. The molecule has 0 aliphatic carbocycles. The molecule has 380 valence electrons. The first kappa shape index (κ1) is 63.2. The van der Waals surface area contributed by atoms with Gasteiger partial charge in [-0.1, -0.05) is 229 Å². The SMILES string of the molecule is CC/C=C\C/C=C\C/C=C\CCCCCCCCCC(=O)NC(COP(=O)([O-])OCC[N+](C)(C)C)C(O)/C=C/CC/C=C/CCCCCCCCCCCCCCCCCCCCCC. The second-order valence-corrected chi connectivity index (χ2v) is 21.0. The van der Waals surface area contributed by atoms with Crippen LogP contribution in [0, 0.1) is 0 Å². The molecule has 0 spiro atoms. The lowest BCUT2D eigenvalue weighted by molar-refractivity contribution is -0.870. The highest BCUT2D eigenvalue weighted by Crippen LogP contribution is 2.38. The predicted octanol–water partition coefficient (Wildman–Crippen LogP) is 15.5. The van der Waals surface area contributed by atoms with E-state index in [0.29, 0.717) is 17.4 Å². The molecule has 0 rings (SSSR count). The topological polar surface area (TPSA) is 108 Å². The number of amides is 1. The maximum atomic E-state index is 12.9. The predicted molar refractivity (Wildman–Crippen MR) is 279 cm³/mol. The van der Waals surface area contributed by atoms with Crippen LogP contribution in [0.5, 0.6) is 0 Å². The first-order valence-corrected chi connectivity index (χ1v) is 28.6. The molecule has 9 heteroatoms. The summed E-state index contributed by atoms with van der Waals surface area (Å²) in [5.74, 6) is -0.218. The van der Waals surface area contributed by atoms with Gasteiger partial charge in [0, 0.05) is 6.42 Å². The van der Waals surface area contributed by atoms with Crippen LogP contribution in [0.25, 0.3) is 0 Å². The number of carbonyl (C=O) groups is 1. The van der Waals surface area contributed by atoms with Gasteiger partial charge in [0.1, 0.15) is 13.2 Å². The van der Waals surface area contributed by atoms with E-state index < -0.39 is 26.6 Å². The smallest absolute Gasteiger partial charge is 0.268 e. The molecule has 3 atom stereocenters. The molecule has 8 nitrogen and oxygen atoms in total. The number of likely N-dealkylation sites (N-methyl/N-ethyl adjacent to an activating group) is 1. The monoisotopic (exact) mass is 933 g/mol. The Balaban J connectivity index is 4.29. The van der Waals surface area contributed by atoms with Crippen LogP contribution >= 0.6 is 7.82 Å². The molecule has 0 saturated heterocycles. The Labute approximate surface area is 402 Å². The second-order valence-electron chi connectivity index (χ2n) is 19.5. The summed E-state index contributed by atoms with van der Waals surface area (Å²) in [7, 11) is 1.23. The van der Waals surface area contributed by atoms with Gasteiger partial charge in [0.05, 0.1) is 39.9 Å². The molecule has 0 fully saturated rings. The Bertz CT molecular complexity index is 1240. The van der Waals surface area contributed by atoms with E-state index in [-0.39, 0.29) is 12.5 Å². The minimum absolute atomic E-state index is 0.0106. The van der Waals surface area contributed by atoms with E-state index in [1.165, 1.54) is 148 Å². The minimum Gasteiger partial charge on any atom is -0.756 e. The van der Waals surface area contributed by atoms with Crippen LogP contribution in [0.3, 0.4) is 0 Å². The molecule has 0 aromatic heterocycles. The third kappa shape index (κ3) is 49.9. The van der Waals surface area contributed by atoms with Crippen LogP contribution in [-0.2, 0) is 18.4 Å². The summed E-state index contributed by atoms with van der Waals surface area (Å²) in [6.45, 7) is 4.52. The second kappa shape index (κ2) is 47.3. The van der Waals surface area contributed by atoms with Crippen LogP contribution in [0.15, 0.2) is 60.8 Å². The summed E-state index contributed by atoms with van der Waals surface area (Å²) in [5.41, 5.74) is 0. The lowest BCUT2D eigenvalue weighted by Crippen LogP contribution is -2.45. The van der Waals surface area contributed by atoms with E-state index >= 15 is 0 Å². The van der Waals surface area contributed by atoms with Crippen molar-refractivity contribution in [2.24, 2.45) is 0 Å². The third-order valence-electron chi connectivity index (χ3n) is 12.0. The number of carbonyl (C=O) groups excluding carboxylic acids is 1. The van der Waals surface area contributed by atoms with Gasteiger partial charge in [-0.25, -0.2) is 0 Å².